The predicted molar refractivity (Wildman–Crippen MR) is 81.0 cm³/mol. The monoisotopic (exact) mass is 307 g/mol. The lowest BCUT2D eigenvalue weighted by molar-refractivity contribution is -0.141. The van der Waals surface area contributed by atoms with Crippen molar-refractivity contribution in [3.8, 4) is 0 Å². The van der Waals surface area contributed by atoms with Crippen LogP contribution in [0.5, 0.6) is 0 Å². The van der Waals surface area contributed by atoms with Crippen molar-refractivity contribution < 1.29 is 19.5 Å². The molecule has 0 spiro atoms. The Morgan fingerprint density at radius 3 is 2.18 bits per heavy atom. The Hall–Kier alpha value is -2.41. The molecule has 0 heterocycles. The number of nitrogens with two attached hydrogens (primary N) is 1. The molecule has 0 saturated carbocycles. The van der Waals surface area contributed by atoms with Gasteiger partial charge in [-0.25, -0.2) is 0 Å². The molecule has 0 aliphatic heterocycles. The van der Waals surface area contributed by atoms with E-state index in [0.29, 0.717) is 0 Å². The van der Waals surface area contributed by atoms with Crippen LogP contribution in [0.2, 0.25) is 0 Å². The maximum Gasteiger partial charge on any atom is 0.325 e. The van der Waals surface area contributed by atoms with E-state index >= 15 is 0 Å². The van der Waals surface area contributed by atoms with E-state index in [1.165, 1.54) is 13.8 Å². The summed E-state index contributed by atoms with van der Waals surface area (Å²) in [6.45, 7) is 2.86. The van der Waals surface area contributed by atoms with E-state index in [4.69, 9.17) is 10.8 Å². The van der Waals surface area contributed by atoms with Crippen molar-refractivity contribution in [3.63, 3.8) is 0 Å². The quantitative estimate of drug-likeness (QED) is 0.548. The number of nitrogens with one attached hydrogen (secondary N) is 2. The SMILES string of the molecule is C[C@H](N)C(=O)N[C@@H](Cc1ccccc1)C(=O)N[C@@H](C)C(=O)O. The molecule has 3 atom stereocenters. The first-order valence-corrected chi connectivity index (χ1v) is 6.94. The molecule has 1 rings (SSSR count). The average molecular weight is 307 g/mol. The number of rotatable bonds is 7. The summed E-state index contributed by atoms with van der Waals surface area (Å²) >= 11 is 0. The summed E-state index contributed by atoms with van der Waals surface area (Å²) in [5.41, 5.74) is 6.33. The van der Waals surface area contributed by atoms with Gasteiger partial charge in [-0.3, -0.25) is 14.4 Å². The summed E-state index contributed by atoms with van der Waals surface area (Å²) in [7, 11) is 0. The highest BCUT2D eigenvalue weighted by atomic mass is 16.4. The minimum atomic E-state index is -1.15. The molecule has 0 radical (unpaired) electrons. The Balaban J connectivity index is 2.83. The fourth-order valence-electron chi connectivity index (χ4n) is 1.74. The first kappa shape index (κ1) is 17.6. The van der Waals surface area contributed by atoms with Gasteiger partial charge in [0.25, 0.3) is 0 Å². The molecule has 1 aromatic rings. The number of carboxylic acid groups (broad SMARTS) is 1. The molecular weight excluding hydrogens is 286 g/mol. The zero-order chi connectivity index (χ0) is 16.7. The minimum absolute atomic E-state index is 0.247. The van der Waals surface area contributed by atoms with Gasteiger partial charge in [-0.1, -0.05) is 30.3 Å². The number of hydrogen-bond acceptors (Lipinski definition) is 4. The Bertz CT molecular complexity index is 531. The van der Waals surface area contributed by atoms with Crippen molar-refractivity contribution in [2.45, 2.75) is 38.4 Å². The van der Waals surface area contributed by atoms with Crippen LogP contribution in [-0.2, 0) is 20.8 Å². The van der Waals surface area contributed by atoms with Crippen LogP contribution >= 0.6 is 0 Å². The lowest BCUT2D eigenvalue weighted by Gasteiger charge is -2.21. The third-order valence-electron chi connectivity index (χ3n) is 3.06. The second-order valence-electron chi connectivity index (χ2n) is 5.11. The molecule has 1 aromatic carbocycles. The Morgan fingerprint density at radius 1 is 1.09 bits per heavy atom. The van der Waals surface area contributed by atoms with E-state index in [2.05, 4.69) is 10.6 Å². The zero-order valence-corrected chi connectivity index (χ0v) is 12.6. The normalized spacial score (nSPS) is 14.5. The Kier molecular flexibility index (Phi) is 6.52. The summed E-state index contributed by atoms with van der Waals surface area (Å²) in [5.74, 6) is -2.18. The second kappa shape index (κ2) is 8.14. The molecule has 2 amide bonds. The number of hydrogen-bond donors (Lipinski definition) is 4. The van der Waals surface area contributed by atoms with E-state index in [-0.39, 0.29) is 6.42 Å². The maximum absolute atomic E-state index is 12.2. The van der Waals surface area contributed by atoms with Gasteiger partial charge in [-0.05, 0) is 19.4 Å². The first-order valence-electron chi connectivity index (χ1n) is 6.94. The highest BCUT2D eigenvalue weighted by Gasteiger charge is 2.25. The van der Waals surface area contributed by atoms with Crippen LogP contribution in [-0.4, -0.2) is 41.0 Å². The van der Waals surface area contributed by atoms with Crippen LogP contribution in [0.25, 0.3) is 0 Å². The van der Waals surface area contributed by atoms with Crippen molar-refractivity contribution in [2.24, 2.45) is 5.73 Å². The summed E-state index contributed by atoms with van der Waals surface area (Å²) in [6.07, 6.45) is 0.247. The van der Waals surface area contributed by atoms with Crippen LogP contribution in [0, 0.1) is 0 Å². The first-order chi connectivity index (χ1) is 10.3. The Labute approximate surface area is 128 Å². The molecular formula is C15H21N3O4. The molecule has 0 fully saturated rings. The number of benzene rings is 1. The highest BCUT2D eigenvalue weighted by molar-refractivity contribution is 5.91. The number of carbonyl (C=O) groups excluding carboxylic acids is 2. The van der Waals surface area contributed by atoms with Gasteiger partial charge >= 0.3 is 5.97 Å². The van der Waals surface area contributed by atoms with E-state index in [0.717, 1.165) is 5.56 Å². The molecule has 0 aliphatic carbocycles. The van der Waals surface area contributed by atoms with Crippen LogP contribution in [0.3, 0.4) is 0 Å². The van der Waals surface area contributed by atoms with Crippen molar-refractivity contribution in [3.05, 3.63) is 35.9 Å². The fourth-order valence-corrected chi connectivity index (χ4v) is 1.74. The maximum atomic E-state index is 12.2. The number of carbonyl (C=O) groups is 3. The van der Waals surface area contributed by atoms with Gasteiger partial charge in [0.05, 0.1) is 6.04 Å². The zero-order valence-electron chi connectivity index (χ0n) is 12.6. The third-order valence-corrected chi connectivity index (χ3v) is 3.06. The molecule has 0 bridgehead atoms. The fraction of sp³-hybridized carbons (Fsp3) is 0.400. The van der Waals surface area contributed by atoms with Crippen LogP contribution in [0.4, 0.5) is 0 Å². The van der Waals surface area contributed by atoms with Gasteiger partial charge in [0.1, 0.15) is 12.1 Å². The number of amides is 2. The molecule has 0 aromatic heterocycles. The van der Waals surface area contributed by atoms with Gasteiger partial charge < -0.3 is 21.5 Å². The van der Waals surface area contributed by atoms with Crippen molar-refractivity contribution in [1.29, 1.82) is 0 Å². The van der Waals surface area contributed by atoms with Crippen LogP contribution < -0.4 is 16.4 Å². The van der Waals surface area contributed by atoms with Crippen molar-refractivity contribution >= 4 is 17.8 Å². The molecule has 7 heteroatoms. The summed E-state index contributed by atoms with van der Waals surface area (Å²) in [6, 6.07) is 6.42. The largest absolute Gasteiger partial charge is 0.480 e. The standard InChI is InChI=1S/C15H21N3O4/c1-9(16)13(19)18-12(8-11-6-4-3-5-7-11)14(20)17-10(2)15(21)22/h3-7,9-10,12H,8,16H2,1-2H3,(H,17,20)(H,18,19)(H,21,22)/t9-,10-,12-/m0/s1. The lowest BCUT2D eigenvalue weighted by Crippen LogP contribution is -2.54. The summed E-state index contributed by atoms with van der Waals surface area (Å²) in [4.78, 5) is 34.7. The molecule has 5 N–H and O–H groups in total. The predicted octanol–water partition coefficient (Wildman–Crippen LogP) is -0.350. The molecule has 0 saturated heterocycles. The van der Waals surface area contributed by atoms with Gasteiger partial charge in [0.2, 0.25) is 11.8 Å². The summed E-state index contributed by atoms with van der Waals surface area (Å²) < 4.78 is 0. The van der Waals surface area contributed by atoms with Crippen LogP contribution in [0.1, 0.15) is 19.4 Å². The van der Waals surface area contributed by atoms with Gasteiger partial charge in [0.15, 0.2) is 0 Å². The number of aliphatic carboxylic acids is 1. The Morgan fingerprint density at radius 2 is 1.68 bits per heavy atom. The second-order valence-corrected chi connectivity index (χ2v) is 5.11. The van der Waals surface area contributed by atoms with E-state index in [9.17, 15) is 14.4 Å². The third kappa shape index (κ3) is 5.53. The minimum Gasteiger partial charge on any atom is -0.480 e. The van der Waals surface area contributed by atoms with Crippen LogP contribution in [0.15, 0.2) is 30.3 Å². The molecule has 0 unspecified atom stereocenters. The molecule has 7 nitrogen and oxygen atoms in total. The van der Waals surface area contributed by atoms with Gasteiger partial charge in [-0.15, -0.1) is 0 Å². The van der Waals surface area contributed by atoms with Crippen molar-refractivity contribution in [1.82, 2.24) is 10.6 Å². The summed E-state index contributed by atoms with van der Waals surface area (Å²) in [5, 5.41) is 13.7. The smallest absolute Gasteiger partial charge is 0.325 e. The van der Waals surface area contributed by atoms with Gasteiger partial charge in [0, 0.05) is 6.42 Å². The topological polar surface area (TPSA) is 122 Å². The van der Waals surface area contributed by atoms with E-state index in [1.807, 2.05) is 30.3 Å². The van der Waals surface area contributed by atoms with E-state index in [1.54, 1.807) is 0 Å². The highest BCUT2D eigenvalue weighted by Crippen LogP contribution is 2.04. The molecule has 22 heavy (non-hydrogen) atoms. The van der Waals surface area contributed by atoms with E-state index < -0.39 is 35.9 Å². The lowest BCUT2D eigenvalue weighted by atomic mass is 10.0. The molecule has 0 aliphatic rings. The van der Waals surface area contributed by atoms with Crippen molar-refractivity contribution in [2.75, 3.05) is 0 Å². The number of carboxylic acids is 1. The molecule has 120 valence electrons. The average Bonchev–Trinajstić information content (AvgIpc) is 2.47. The van der Waals surface area contributed by atoms with Gasteiger partial charge in [-0.2, -0.15) is 0 Å².